The Balaban J connectivity index is 1.96. The van der Waals surface area contributed by atoms with Gasteiger partial charge in [-0.25, -0.2) is 0 Å². The molecule has 1 aliphatic heterocycles. The molecule has 3 rings (SSSR count). The molecule has 2 heterocycles. The van der Waals surface area contributed by atoms with Gasteiger partial charge in [0, 0.05) is 13.0 Å². The molecule has 1 aromatic carbocycles. The summed E-state index contributed by atoms with van der Waals surface area (Å²) in [5, 5.41) is 18.2. The van der Waals surface area contributed by atoms with Gasteiger partial charge < -0.3 is 14.0 Å². The summed E-state index contributed by atoms with van der Waals surface area (Å²) in [6.07, 6.45) is 6.14. The van der Waals surface area contributed by atoms with E-state index in [1.54, 1.807) is 7.11 Å². The fourth-order valence-corrected chi connectivity index (χ4v) is 3.05. The smallest absolute Gasteiger partial charge is 0.174 e. The maximum atomic E-state index is 9.64. The van der Waals surface area contributed by atoms with Crippen LogP contribution in [0.5, 0.6) is 11.5 Å². The van der Waals surface area contributed by atoms with E-state index in [9.17, 15) is 5.26 Å². The Morgan fingerprint density at radius 1 is 1.28 bits per heavy atom. The number of nitriles is 1. The minimum atomic E-state index is 0.506. The number of aromatic nitrogens is 3. The van der Waals surface area contributed by atoms with Gasteiger partial charge in [-0.2, -0.15) is 5.26 Å². The second-order valence-electron chi connectivity index (χ2n) is 5.92. The lowest BCUT2D eigenvalue weighted by atomic mass is 10.1. The van der Waals surface area contributed by atoms with Crippen molar-refractivity contribution in [2.24, 2.45) is 0 Å². The fourth-order valence-electron chi connectivity index (χ4n) is 3.05. The number of fused-ring (bicyclic) bond motifs is 1. The molecule has 6 heteroatoms. The predicted molar refractivity (Wildman–Crippen MR) is 95.2 cm³/mol. The van der Waals surface area contributed by atoms with Crippen molar-refractivity contribution in [3.63, 3.8) is 0 Å². The Bertz CT molecular complexity index is 817. The van der Waals surface area contributed by atoms with Gasteiger partial charge in [-0.15, -0.1) is 10.2 Å². The molecule has 2 aromatic rings. The van der Waals surface area contributed by atoms with E-state index in [1.807, 2.05) is 31.2 Å². The average molecular weight is 338 g/mol. The van der Waals surface area contributed by atoms with Crippen LogP contribution < -0.4 is 9.47 Å². The fraction of sp³-hybridized carbons (Fsp3) is 0.421. The van der Waals surface area contributed by atoms with Crippen LogP contribution in [0.25, 0.3) is 11.6 Å². The number of methoxy groups -OCH3 is 1. The van der Waals surface area contributed by atoms with Crippen molar-refractivity contribution in [3.05, 3.63) is 35.4 Å². The molecule has 0 fully saturated rings. The lowest BCUT2D eigenvalue weighted by Gasteiger charge is -2.10. The molecule has 0 aliphatic carbocycles. The highest BCUT2D eigenvalue weighted by molar-refractivity contribution is 5.87. The molecule has 1 aromatic heterocycles. The second-order valence-corrected chi connectivity index (χ2v) is 5.92. The first kappa shape index (κ1) is 17.0. The molecule has 0 atom stereocenters. The predicted octanol–water partition coefficient (Wildman–Crippen LogP) is 3.48. The van der Waals surface area contributed by atoms with E-state index < -0.39 is 0 Å². The van der Waals surface area contributed by atoms with Gasteiger partial charge in [0.05, 0.1) is 19.3 Å². The number of rotatable bonds is 5. The van der Waals surface area contributed by atoms with Crippen LogP contribution in [0.2, 0.25) is 0 Å². The van der Waals surface area contributed by atoms with Crippen molar-refractivity contribution >= 4 is 11.6 Å². The minimum Gasteiger partial charge on any atom is -0.493 e. The van der Waals surface area contributed by atoms with Crippen LogP contribution in [-0.2, 0) is 13.0 Å². The molecule has 130 valence electrons. The van der Waals surface area contributed by atoms with Crippen LogP contribution in [-0.4, -0.2) is 28.5 Å². The lowest BCUT2D eigenvalue weighted by molar-refractivity contribution is 0.311. The summed E-state index contributed by atoms with van der Waals surface area (Å²) in [5.41, 5.74) is 1.37. The zero-order chi connectivity index (χ0) is 17.6. The number of ether oxygens (including phenoxy) is 2. The van der Waals surface area contributed by atoms with Gasteiger partial charge in [0.1, 0.15) is 11.9 Å². The highest BCUT2D eigenvalue weighted by Crippen LogP contribution is 2.30. The normalized spacial score (nSPS) is 14.4. The maximum absolute atomic E-state index is 9.64. The van der Waals surface area contributed by atoms with Crippen LogP contribution in [0.1, 0.15) is 43.4 Å². The summed E-state index contributed by atoms with van der Waals surface area (Å²) in [5.74, 6) is 2.95. The van der Waals surface area contributed by atoms with Gasteiger partial charge in [0.2, 0.25) is 0 Å². The Hall–Kier alpha value is -2.81. The number of benzene rings is 1. The highest BCUT2D eigenvalue weighted by Gasteiger charge is 2.17. The van der Waals surface area contributed by atoms with Crippen LogP contribution in [0.4, 0.5) is 0 Å². The minimum absolute atomic E-state index is 0.506. The average Bonchev–Trinajstić information content (AvgIpc) is 2.88. The molecule has 0 amide bonds. The Labute approximate surface area is 147 Å². The van der Waals surface area contributed by atoms with Crippen molar-refractivity contribution in [2.75, 3.05) is 13.7 Å². The quantitative estimate of drug-likeness (QED) is 0.781. The van der Waals surface area contributed by atoms with E-state index in [0.717, 1.165) is 37.2 Å². The van der Waals surface area contributed by atoms with Crippen LogP contribution in [0, 0.1) is 11.3 Å². The van der Waals surface area contributed by atoms with Crippen molar-refractivity contribution in [2.45, 2.75) is 39.2 Å². The van der Waals surface area contributed by atoms with Gasteiger partial charge in [-0.1, -0.05) is 12.5 Å². The van der Waals surface area contributed by atoms with Crippen molar-refractivity contribution in [3.8, 4) is 17.6 Å². The number of nitrogens with zero attached hydrogens (tertiary/aromatic N) is 4. The topological polar surface area (TPSA) is 73.0 Å². The monoisotopic (exact) mass is 338 g/mol. The van der Waals surface area contributed by atoms with Crippen molar-refractivity contribution < 1.29 is 9.47 Å². The zero-order valence-corrected chi connectivity index (χ0v) is 14.7. The number of allylic oxidation sites excluding steroid dienone is 1. The van der Waals surface area contributed by atoms with E-state index in [2.05, 4.69) is 20.8 Å². The first-order valence-corrected chi connectivity index (χ1v) is 8.62. The molecule has 0 saturated heterocycles. The van der Waals surface area contributed by atoms with E-state index in [1.165, 1.54) is 6.42 Å². The van der Waals surface area contributed by atoms with Crippen molar-refractivity contribution in [1.29, 1.82) is 5.26 Å². The van der Waals surface area contributed by atoms with Crippen LogP contribution >= 0.6 is 0 Å². The first-order valence-electron chi connectivity index (χ1n) is 8.62. The third-order valence-electron chi connectivity index (χ3n) is 4.27. The van der Waals surface area contributed by atoms with E-state index in [4.69, 9.17) is 9.47 Å². The van der Waals surface area contributed by atoms with Crippen LogP contribution in [0.15, 0.2) is 18.2 Å². The number of hydrogen-bond acceptors (Lipinski definition) is 5. The molecular weight excluding hydrogens is 316 g/mol. The summed E-state index contributed by atoms with van der Waals surface area (Å²) in [6, 6.07) is 7.89. The third kappa shape index (κ3) is 3.66. The molecule has 0 N–H and O–H groups in total. The Morgan fingerprint density at radius 3 is 2.92 bits per heavy atom. The third-order valence-corrected chi connectivity index (χ3v) is 4.27. The van der Waals surface area contributed by atoms with Crippen molar-refractivity contribution in [1.82, 2.24) is 14.8 Å². The van der Waals surface area contributed by atoms with Gasteiger partial charge in [0.25, 0.3) is 0 Å². The summed E-state index contributed by atoms with van der Waals surface area (Å²) < 4.78 is 13.0. The largest absolute Gasteiger partial charge is 0.493 e. The molecule has 0 radical (unpaired) electrons. The number of aryl methyl sites for hydroxylation is 1. The molecule has 0 bridgehead atoms. The SMILES string of the molecule is CCOc1ccc(/C=C(\C#N)c2nnc3n2CCCCC3)cc1OC. The zero-order valence-electron chi connectivity index (χ0n) is 14.7. The number of hydrogen-bond donors (Lipinski definition) is 0. The van der Waals surface area contributed by atoms with Gasteiger partial charge in [-0.3, -0.25) is 0 Å². The molecule has 0 saturated carbocycles. The van der Waals surface area contributed by atoms with E-state index in [-0.39, 0.29) is 0 Å². The summed E-state index contributed by atoms with van der Waals surface area (Å²) >= 11 is 0. The molecule has 0 unspecified atom stereocenters. The summed E-state index contributed by atoms with van der Waals surface area (Å²) in [4.78, 5) is 0. The lowest BCUT2D eigenvalue weighted by Crippen LogP contribution is -2.05. The van der Waals surface area contributed by atoms with E-state index >= 15 is 0 Å². The molecule has 6 nitrogen and oxygen atoms in total. The van der Waals surface area contributed by atoms with Gasteiger partial charge in [-0.05, 0) is 43.5 Å². The highest BCUT2D eigenvalue weighted by atomic mass is 16.5. The van der Waals surface area contributed by atoms with E-state index in [0.29, 0.717) is 29.5 Å². The molecule has 1 aliphatic rings. The summed E-state index contributed by atoms with van der Waals surface area (Å²) in [7, 11) is 1.61. The standard InChI is InChI=1S/C19H22N4O2/c1-3-25-16-9-8-14(12-17(16)24-2)11-15(13-20)19-22-21-18-7-5-4-6-10-23(18)19/h8-9,11-12H,3-7,10H2,1-2H3/b15-11+. The molecule has 0 spiro atoms. The Morgan fingerprint density at radius 2 is 2.16 bits per heavy atom. The van der Waals surface area contributed by atoms with Gasteiger partial charge in [0.15, 0.2) is 17.3 Å². The molecular formula is C19H22N4O2. The first-order chi connectivity index (χ1) is 12.3. The summed E-state index contributed by atoms with van der Waals surface area (Å²) in [6.45, 7) is 3.36. The molecule has 25 heavy (non-hydrogen) atoms. The second kappa shape index (κ2) is 7.84. The Kier molecular flexibility index (Phi) is 5.34. The maximum Gasteiger partial charge on any atom is 0.174 e. The van der Waals surface area contributed by atoms with Crippen LogP contribution in [0.3, 0.4) is 0 Å². The van der Waals surface area contributed by atoms with Gasteiger partial charge >= 0.3 is 0 Å².